The van der Waals surface area contributed by atoms with Gasteiger partial charge in [-0.05, 0) is 70.6 Å². The van der Waals surface area contributed by atoms with Gasteiger partial charge in [-0.15, -0.1) is 0 Å². The van der Waals surface area contributed by atoms with Crippen LogP contribution in [0.5, 0.6) is 0 Å². The number of esters is 2. The number of rotatable bonds is 36. The molecule has 1 saturated carbocycles. The molecule has 0 aromatic rings. The number of phosphoric acid groups is 1. The molecule has 0 heterocycles. The van der Waals surface area contributed by atoms with Gasteiger partial charge in [0, 0.05) is 37.6 Å². The van der Waals surface area contributed by atoms with Gasteiger partial charge in [0.25, 0.3) is 0 Å². The van der Waals surface area contributed by atoms with Crippen LogP contribution in [-0.2, 0) is 37.5 Å². The zero-order valence-corrected chi connectivity index (χ0v) is 36.4. The zero-order chi connectivity index (χ0) is 42.7. The number of ketones is 1. The quantitative estimate of drug-likeness (QED) is 0.0203. The maximum Gasteiger partial charge on any atom is 0.472 e. The van der Waals surface area contributed by atoms with Crippen LogP contribution in [-0.4, -0.2) is 77.5 Å². The fourth-order valence-electron chi connectivity index (χ4n) is 6.39. The van der Waals surface area contributed by atoms with E-state index in [-0.39, 0.29) is 56.6 Å². The van der Waals surface area contributed by atoms with Crippen LogP contribution in [0.2, 0.25) is 0 Å². The summed E-state index contributed by atoms with van der Waals surface area (Å²) >= 11 is 0. The average Bonchev–Trinajstić information content (AvgIpc) is 3.47. The van der Waals surface area contributed by atoms with Crippen LogP contribution < -0.4 is 5.73 Å². The summed E-state index contributed by atoms with van der Waals surface area (Å²) in [5.74, 6) is -1.78. The molecule has 0 amide bonds. The first-order valence-corrected chi connectivity index (χ1v) is 23.4. The fraction of sp³-hybridized carbons (Fsp3) is 0.711. The highest BCUT2D eigenvalue weighted by molar-refractivity contribution is 7.47. The molecule has 58 heavy (non-hydrogen) atoms. The largest absolute Gasteiger partial charge is 0.472 e. The van der Waals surface area contributed by atoms with E-state index in [0.29, 0.717) is 32.1 Å². The van der Waals surface area contributed by atoms with Crippen molar-refractivity contribution in [1.29, 1.82) is 0 Å². The van der Waals surface area contributed by atoms with Crippen LogP contribution >= 0.6 is 7.82 Å². The number of carbonyl (C=O) groups is 3. The van der Waals surface area contributed by atoms with E-state index in [0.717, 1.165) is 64.2 Å². The molecule has 1 rings (SSSR count). The highest BCUT2D eigenvalue weighted by Crippen LogP contribution is 2.43. The molecule has 12 nitrogen and oxygen atoms in total. The lowest BCUT2D eigenvalue weighted by atomic mass is 9.90. The molecular weight excluding hydrogens is 761 g/mol. The Morgan fingerprint density at radius 2 is 1.40 bits per heavy atom. The zero-order valence-electron chi connectivity index (χ0n) is 35.5. The summed E-state index contributed by atoms with van der Waals surface area (Å²) in [6, 6.07) is 0. The van der Waals surface area contributed by atoms with E-state index in [9.17, 15) is 34.1 Å². The molecule has 5 N–H and O–H groups in total. The number of unbranched alkanes of at least 4 members (excludes halogenated alkanes) is 10. The Hall–Kier alpha value is -2.70. The van der Waals surface area contributed by atoms with Gasteiger partial charge in [-0.25, -0.2) is 4.57 Å². The topological polar surface area (TPSA) is 192 Å². The Balaban J connectivity index is 2.43. The predicted molar refractivity (Wildman–Crippen MR) is 230 cm³/mol. The second-order valence-electron chi connectivity index (χ2n) is 15.0. The minimum absolute atomic E-state index is 0.00627. The van der Waals surface area contributed by atoms with E-state index in [1.165, 1.54) is 19.3 Å². The van der Waals surface area contributed by atoms with Crippen molar-refractivity contribution in [3.63, 3.8) is 0 Å². The number of aliphatic hydroxyl groups is 2. The van der Waals surface area contributed by atoms with Gasteiger partial charge in [-0.3, -0.25) is 23.4 Å². The van der Waals surface area contributed by atoms with Crippen molar-refractivity contribution in [2.24, 2.45) is 17.6 Å². The SMILES string of the molecule is CCCCC/C=C\C/C=C\C/C=C\CCCCCCC(=O)O[C@H](COC(=O)CCC/C=C\C[C@H]1C(=O)C[C@@H](O)[C@@H]1/C=C/[C@@H](O)CCCCC)COP(=O)(O)OCCN. The van der Waals surface area contributed by atoms with E-state index in [1.807, 2.05) is 12.2 Å². The highest BCUT2D eigenvalue weighted by atomic mass is 31.2. The van der Waals surface area contributed by atoms with E-state index in [1.54, 1.807) is 12.2 Å². The summed E-state index contributed by atoms with van der Waals surface area (Å²) in [5, 5.41) is 20.7. The standard InChI is InChI=1S/C45H76NO11P/c1-3-5-7-8-9-10-11-12-13-14-15-16-17-18-19-20-26-30-45(51)57-39(37-56-58(52,53)55-34-33-46)36-54-44(50)29-25-22-21-24-28-40-41(43(49)35-42(40)48)32-31-38(47)27-23-6-4-2/h9-10,12-13,15-16,21,24,31-32,38-41,43,47,49H,3-8,11,14,17-20,22-23,25-30,33-37,46H2,1-2H3,(H,52,53)/b10-9-,13-12-,16-15-,24-21-,32-31+/t38-,39+,40+,41+,43+/m0/s1. The normalized spacial score (nSPS) is 19.6. The van der Waals surface area contributed by atoms with E-state index >= 15 is 0 Å². The predicted octanol–water partition coefficient (Wildman–Crippen LogP) is 9.08. The number of phosphoric ester groups is 1. The molecule has 1 aliphatic rings. The van der Waals surface area contributed by atoms with Crippen molar-refractivity contribution in [3.8, 4) is 0 Å². The summed E-state index contributed by atoms with van der Waals surface area (Å²) in [5.41, 5.74) is 5.34. The first-order chi connectivity index (χ1) is 28.0. The minimum Gasteiger partial charge on any atom is -0.462 e. The maximum absolute atomic E-state index is 12.6. The molecule has 0 saturated heterocycles. The summed E-state index contributed by atoms with van der Waals surface area (Å²) < 4.78 is 32.7. The molecular formula is C45H76NO11P. The molecule has 13 heteroatoms. The number of ether oxygens (including phenoxy) is 2. The molecule has 0 radical (unpaired) electrons. The van der Waals surface area contributed by atoms with Gasteiger partial charge < -0.3 is 30.3 Å². The average molecular weight is 838 g/mol. The number of Topliss-reactive ketones (excluding diaryl/α,β-unsaturated/α-hetero) is 1. The lowest BCUT2D eigenvalue weighted by Crippen LogP contribution is -2.29. The van der Waals surface area contributed by atoms with Crippen molar-refractivity contribution in [2.75, 3.05) is 26.4 Å². The van der Waals surface area contributed by atoms with Crippen LogP contribution in [0.3, 0.4) is 0 Å². The Morgan fingerprint density at radius 3 is 2.09 bits per heavy atom. The third-order valence-corrected chi connectivity index (χ3v) is 10.7. The third kappa shape index (κ3) is 28.7. The maximum atomic E-state index is 12.6. The van der Waals surface area contributed by atoms with Crippen LogP contribution in [0.1, 0.15) is 149 Å². The third-order valence-electron chi connectivity index (χ3n) is 9.74. The van der Waals surface area contributed by atoms with Crippen LogP contribution in [0, 0.1) is 11.8 Å². The summed E-state index contributed by atoms with van der Waals surface area (Å²) in [6.45, 7) is 3.25. The van der Waals surface area contributed by atoms with Crippen molar-refractivity contribution in [1.82, 2.24) is 0 Å². The molecule has 0 aliphatic heterocycles. The Labute approximate surface area is 349 Å². The molecule has 0 bridgehead atoms. The molecule has 1 fully saturated rings. The van der Waals surface area contributed by atoms with Gasteiger partial charge in [0.2, 0.25) is 0 Å². The fourth-order valence-corrected chi connectivity index (χ4v) is 7.15. The van der Waals surface area contributed by atoms with Gasteiger partial charge in [0.05, 0.1) is 25.4 Å². The van der Waals surface area contributed by atoms with Gasteiger partial charge >= 0.3 is 19.8 Å². The molecule has 332 valence electrons. The van der Waals surface area contributed by atoms with Gasteiger partial charge in [0.15, 0.2) is 6.10 Å². The first-order valence-electron chi connectivity index (χ1n) is 21.9. The van der Waals surface area contributed by atoms with Crippen molar-refractivity contribution < 1.29 is 52.6 Å². The molecule has 1 aliphatic carbocycles. The lowest BCUT2D eigenvalue weighted by molar-refractivity contribution is -0.161. The molecule has 1 unspecified atom stereocenters. The number of carbonyl (C=O) groups excluding carboxylic acids is 3. The van der Waals surface area contributed by atoms with E-state index < -0.39 is 44.7 Å². The Kier molecular flexibility index (Phi) is 32.3. The van der Waals surface area contributed by atoms with Crippen molar-refractivity contribution in [3.05, 3.63) is 60.8 Å². The molecule has 0 spiro atoms. The number of allylic oxidation sites excluding steroid dienone is 8. The second-order valence-corrected chi connectivity index (χ2v) is 16.4. The van der Waals surface area contributed by atoms with Crippen LogP contribution in [0.15, 0.2) is 60.8 Å². The highest BCUT2D eigenvalue weighted by Gasteiger charge is 2.39. The Morgan fingerprint density at radius 1 is 0.793 bits per heavy atom. The summed E-state index contributed by atoms with van der Waals surface area (Å²) in [4.78, 5) is 47.6. The molecule has 6 atom stereocenters. The smallest absolute Gasteiger partial charge is 0.462 e. The van der Waals surface area contributed by atoms with E-state index in [2.05, 4.69) is 50.3 Å². The van der Waals surface area contributed by atoms with Crippen molar-refractivity contribution in [2.45, 2.75) is 167 Å². The van der Waals surface area contributed by atoms with Gasteiger partial charge in [0.1, 0.15) is 12.4 Å². The Bertz CT molecular complexity index is 1300. The summed E-state index contributed by atoms with van der Waals surface area (Å²) in [7, 11) is -4.45. The van der Waals surface area contributed by atoms with Gasteiger partial charge in [-0.2, -0.15) is 0 Å². The number of hydrogen-bond donors (Lipinski definition) is 4. The van der Waals surface area contributed by atoms with E-state index in [4.69, 9.17) is 24.3 Å². The van der Waals surface area contributed by atoms with Crippen LogP contribution in [0.25, 0.3) is 0 Å². The monoisotopic (exact) mass is 838 g/mol. The number of nitrogens with two attached hydrogens (primary N) is 1. The second kappa shape index (κ2) is 35.1. The van der Waals surface area contributed by atoms with Crippen LogP contribution in [0.4, 0.5) is 0 Å². The molecule has 0 aromatic carbocycles. The van der Waals surface area contributed by atoms with Crippen molar-refractivity contribution >= 4 is 25.5 Å². The first kappa shape index (κ1) is 53.3. The molecule has 0 aromatic heterocycles. The summed E-state index contributed by atoms with van der Waals surface area (Å²) in [6.07, 6.45) is 34.7. The van der Waals surface area contributed by atoms with Gasteiger partial charge in [-0.1, -0.05) is 120 Å². The lowest BCUT2D eigenvalue weighted by Gasteiger charge is -2.19. The number of aliphatic hydroxyl groups excluding tert-OH is 2. The minimum atomic E-state index is -4.45. The number of hydrogen-bond acceptors (Lipinski definition) is 11.